The molecule has 2 nitrogen and oxygen atoms in total. The monoisotopic (exact) mass is 205 g/mol. The number of aryl methyl sites for hydroxylation is 1. The SMILES string of the molecule is CC(O)CCc1ccc2c(c1)CCN2C. The summed E-state index contributed by atoms with van der Waals surface area (Å²) in [6, 6.07) is 6.68. The van der Waals surface area contributed by atoms with Crippen LogP contribution in [0.25, 0.3) is 0 Å². The summed E-state index contributed by atoms with van der Waals surface area (Å²) in [5, 5.41) is 9.24. The normalized spacial score (nSPS) is 16.6. The van der Waals surface area contributed by atoms with Crippen molar-refractivity contribution in [2.45, 2.75) is 32.3 Å². The second-order valence-corrected chi connectivity index (χ2v) is 4.52. The zero-order valence-corrected chi connectivity index (χ0v) is 9.53. The zero-order valence-electron chi connectivity index (χ0n) is 9.53. The van der Waals surface area contributed by atoms with Crippen LogP contribution >= 0.6 is 0 Å². The fourth-order valence-electron chi connectivity index (χ4n) is 2.15. The Balaban J connectivity index is 2.09. The van der Waals surface area contributed by atoms with Gasteiger partial charge in [-0.25, -0.2) is 0 Å². The van der Waals surface area contributed by atoms with Crippen LogP contribution in [0.15, 0.2) is 18.2 Å². The molecular formula is C13H19NO. The number of hydrogen-bond acceptors (Lipinski definition) is 2. The molecule has 0 aromatic heterocycles. The first kappa shape index (κ1) is 10.5. The Morgan fingerprint density at radius 2 is 2.27 bits per heavy atom. The summed E-state index contributed by atoms with van der Waals surface area (Å²) in [6.07, 6.45) is 2.80. The third kappa shape index (κ3) is 2.32. The van der Waals surface area contributed by atoms with Crippen molar-refractivity contribution in [1.82, 2.24) is 0 Å². The minimum Gasteiger partial charge on any atom is -0.393 e. The van der Waals surface area contributed by atoms with Gasteiger partial charge in [-0.1, -0.05) is 12.1 Å². The van der Waals surface area contributed by atoms with E-state index in [1.54, 1.807) is 0 Å². The second-order valence-electron chi connectivity index (χ2n) is 4.52. The molecule has 1 aromatic carbocycles. The maximum Gasteiger partial charge on any atom is 0.0515 e. The van der Waals surface area contributed by atoms with Crippen LogP contribution in [0.5, 0.6) is 0 Å². The molecule has 0 fully saturated rings. The number of likely N-dealkylation sites (N-methyl/N-ethyl adjacent to an activating group) is 1. The van der Waals surface area contributed by atoms with E-state index < -0.39 is 0 Å². The molecular weight excluding hydrogens is 186 g/mol. The highest BCUT2D eigenvalue weighted by Crippen LogP contribution is 2.27. The van der Waals surface area contributed by atoms with Gasteiger partial charge in [0.05, 0.1) is 6.10 Å². The van der Waals surface area contributed by atoms with Gasteiger partial charge >= 0.3 is 0 Å². The fraction of sp³-hybridized carbons (Fsp3) is 0.538. The average Bonchev–Trinajstić information content (AvgIpc) is 2.57. The Bertz CT molecular complexity index is 346. The van der Waals surface area contributed by atoms with Crippen molar-refractivity contribution in [2.24, 2.45) is 0 Å². The van der Waals surface area contributed by atoms with E-state index in [0.717, 1.165) is 25.8 Å². The largest absolute Gasteiger partial charge is 0.393 e. The molecule has 15 heavy (non-hydrogen) atoms. The zero-order chi connectivity index (χ0) is 10.8. The van der Waals surface area contributed by atoms with Crippen LogP contribution in [0.3, 0.4) is 0 Å². The molecule has 0 saturated carbocycles. The van der Waals surface area contributed by atoms with Crippen molar-refractivity contribution in [2.75, 3.05) is 18.5 Å². The lowest BCUT2D eigenvalue weighted by Gasteiger charge is -2.12. The molecule has 1 aromatic rings. The maximum atomic E-state index is 9.24. The van der Waals surface area contributed by atoms with E-state index in [1.807, 2.05) is 6.92 Å². The Kier molecular flexibility index (Phi) is 2.96. The van der Waals surface area contributed by atoms with Crippen molar-refractivity contribution in [3.8, 4) is 0 Å². The number of aliphatic hydroxyl groups excluding tert-OH is 1. The molecule has 1 N–H and O–H groups in total. The maximum absolute atomic E-state index is 9.24. The molecule has 1 aliphatic heterocycles. The van der Waals surface area contributed by atoms with Crippen LogP contribution in [0.2, 0.25) is 0 Å². The van der Waals surface area contributed by atoms with E-state index in [0.29, 0.717) is 0 Å². The van der Waals surface area contributed by atoms with Gasteiger partial charge in [-0.05, 0) is 43.4 Å². The smallest absolute Gasteiger partial charge is 0.0515 e. The molecule has 0 amide bonds. The lowest BCUT2D eigenvalue weighted by atomic mass is 10.0. The number of nitrogens with zero attached hydrogens (tertiary/aromatic N) is 1. The highest BCUT2D eigenvalue weighted by molar-refractivity contribution is 5.58. The first-order valence-corrected chi connectivity index (χ1v) is 5.68. The van der Waals surface area contributed by atoms with Gasteiger partial charge in [0.25, 0.3) is 0 Å². The van der Waals surface area contributed by atoms with Gasteiger partial charge in [0.15, 0.2) is 0 Å². The van der Waals surface area contributed by atoms with E-state index in [-0.39, 0.29) is 6.10 Å². The Hall–Kier alpha value is -1.02. The third-order valence-corrected chi connectivity index (χ3v) is 3.12. The number of aliphatic hydroxyl groups is 1. The predicted molar refractivity (Wildman–Crippen MR) is 63.4 cm³/mol. The first-order chi connectivity index (χ1) is 7.16. The first-order valence-electron chi connectivity index (χ1n) is 5.68. The van der Waals surface area contributed by atoms with E-state index in [4.69, 9.17) is 0 Å². The summed E-state index contributed by atoms with van der Waals surface area (Å²) in [5.74, 6) is 0. The van der Waals surface area contributed by atoms with E-state index in [2.05, 4.69) is 30.1 Å². The van der Waals surface area contributed by atoms with Gasteiger partial charge in [-0.15, -0.1) is 0 Å². The van der Waals surface area contributed by atoms with E-state index >= 15 is 0 Å². The molecule has 2 rings (SSSR count). The second kappa shape index (κ2) is 4.23. The summed E-state index contributed by atoms with van der Waals surface area (Å²) in [5.41, 5.74) is 4.18. The third-order valence-electron chi connectivity index (χ3n) is 3.12. The molecule has 2 heteroatoms. The summed E-state index contributed by atoms with van der Waals surface area (Å²) >= 11 is 0. The van der Waals surface area contributed by atoms with Gasteiger partial charge in [-0.2, -0.15) is 0 Å². The quantitative estimate of drug-likeness (QED) is 0.815. The van der Waals surface area contributed by atoms with Gasteiger partial charge in [0.1, 0.15) is 0 Å². The number of rotatable bonds is 3. The topological polar surface area (TPSA) is 23.5 Å². The number of fused-ring (bicyclic) bond motifs is 1. The minimum atomic E-state index is -0.194. The van der Waals surface area contributed by atoms with Crippen LogP contribution in [-0.2, 0) is 12.8 Å². The van der Waals surface area contributed by atoms with Gasteiger partial charge in [0, 0.05) is 19.3 Å². The highest BCUT2D eigenvalue weighted by atomic mass is 16.3. The molecule has 0 spiro atoms. The molecule has 0 radical (unpaired) electrons. The Morgan fingerprint density at radius 3 is 3.00 bits per heavy atom. The summed E-state index contributed by atoms with van der Waals surface area (Å²) in [6.45, 7) is 2.98. The lowest BCUT2D eigenvalue weighted by molar-refractivity contribution is 0.185. The van der Waals surface area contributed by atoms with Crippen molar-refractivity contribution in [3.63, 3.8) is 0 Å². The number of benzene rings is 1. The summed E-state index contributed by atoms with van der Waals surface area (Å²) in [7, 11) is 2.14. The number of hydrogen-bond donors (Lipinski definition) is 1. The van der Waals surface area contributed by atoms with Crippen LogP contribution in [0.4, 0.5) is 5.69 Å². The van der Waals surface area contributed by atoms with Crippen LogP contribution in [0, 0.1) is 0 Å². The molecule has 0 aliphatic carbocycles. The molecule has 1 atom stereocenters. The highest BCUT2D eigenvalue weighted by Gasteiger charge is 2.15. The molecule has 1 heterocycles. The molecule has 82 valence electrons. The van der Waals surface area contributed by atoms with Gasteiger partial charge in [0.2, 0.25) is 0 Å². The number of anilines is 1. The minimum absolute atomic E-state index is 0.194. The molecule has 1 aliphatic rings. The van der Waals surface area contributed by atoms with Crippen molar-refractivity contribution >= 4 is 5.69 Å². The van der Waals surface area contributed by atoms with Crippen molar-refractivity contribution in [1.29, 1.82) is 0 Å². The standard InChI is InChI=1S/C13H19NO/c1-10(15)3-4-11-5-6-13-12(9-11)7-8-14(13)2/h5-6,9-10,15H,3-4,7-8H2,1-2H3. The molecule has 0 bridgehead atoms. The fourth-order valence-corrected chi connectivity index (χ4v) is 2.15. The lowest BCUT2D eigenvalue weighted by Crippen LogP contribution is -2.12. The Labute approximate surface area is 91.5 Å². The Morgan fingerprint density at radius 1 is 1.47 bits per heavy atom. The summed E-state index contributed by atoms with van der Waals surface area (Å²) in [4.78, 5) is 2.30. The summed E-state index contributed by atoms with van der Waals surface area (Å²) < 4.78 is 0. The van der Waals surface area contributed by atoms with Crippen LogP contribution in [-0.4, -0.2) is 24.8 Å². The molecule has 0 saturated heterocycles. The predicted octanol–water partition coefficient (Wildman–Crippen LogP) is 1.99. The van der Waals surface area contributed by atoms with Crippen LogP contribution < -0.4 is 4.90 Å². The van der Waals surface area contributed by atoms with Crippen molar-refractivity contribution in [3.05, 3.63) is 29.3 Å². The van der Waals surface area contributed by atoms with E-state index in [1.165, 1.54) is 16.8 Å². The van der Waals surface area contributed by atoms with Crippen molar-refractivity contribution < 1.29 is 5.11 Å². The van der Waals surface area contributed by atoms with Gasteiger partial charge in [-0.3, -0.25) is 0 Å². The van der Waals surface area contributed by atoms with E-state index in [9.17, 15) is 5.11 Å². The molecule has 1 unspecified atom stereocenters. The average molecular weight is 205 g/mol. The van der Waals surface area contributed by atoms with Gasteiger partial charge < -0.3 is 10.0 Å². The van der Waals surface area contributed by atoms with Crippen LogP contribution in [0.1, 0.15) is 24.5 Å².